The van der Waals surface area contributed by atoms with Gasteiger partial charge in [-0.2, -0.15) is 5.10 Å². The second kappa shape index (κ2) is 4.58. The Morgan fingerprint density at radius 1 is 1.20 bits per heavy atom. The van der Waals surface area contributed by atoms with Crippen molar-refractivity contribution in [3.8, 4) is 0 Å². The second-order valence-corrected chi connectivity index (χ2v) is 6.47. The predicted octanol–water partition coefficient (Wildman–Crippen LogP) is 1.56. The van der Waals surface area contributed by atoms with Crippen molar-refractivity contribution < 1.29 is 4.79 Å². The first-order chi connectivity index (χ1) is 9.75. The second-order valence-electron chi connectivity index (χ2n) is 6.47. The van der Waals surface area contributed by atoms with Crippen molar-refractivity contribution in [2.24, 2.45) is 0 Å². The van der Waals surface area contributed by atoms with Crippen LogP contribution in [0.5, 0.6) is 0 Å². The van der Waals surface area contributed by atoms with Gasteiger partial charge in [-0.1, -0.05) is 0 Å². The van der Waals surface area contributed by atoms with E-state index in [0.717, 1.165) is 49.3 Å². The summed E-state index contributed by atoms with van der Waals surface area (Å²) in [6, 6.07) is 0.792. The van der Waals surface area contributed by atoms with Crippen LogP contribution in [0.4, 0.5) is 0 Å². The minimum atomic E-state index is 0.217. The molecule has 1 amide bonds. The van der Waals surface area contributed by atoms with Crippen LogP contribution in [-0.2, 0) is 0 Å². The van der Waals surface area contributed by atoms with Crippen molar-refractivity contribution in [1.82, 2.24) is 20.4 Å². The van der Waals surface area contributed by atoms with Gasteiger partial charge in [0.05, 0.1) is 11.3 Å². The lowest BCUT2D eigenvalue weighted by Gasteiger charge is -2.28. The standard InChI is InChI=1S/C15H22N4O/c1-9-13(14(18-17-9)10-2-3-10)15(20)19-11-4-5-12(19)8-16-7-6-11/h10-12,16H,2-8H2,1H3,(H,17,18)/t11-,12+/m0/s1. The van der Waals surface area contributed by atoms with Gasteiger partial charge in [0, 0.05) is 30.2 Å². The van der Waals surface area contributed by atoms with Gasteiger partial charge in [-0.3, -0.25) is 9.89 Å². The van der Waals surface area contributed by atoms with E-state index in [1.807, 2.05) is 6.92 Å². The topological polar surface area (TPSA) is 61.0 Å². The van der Waals surface area contributed by atoms with Crippen molar-refractivity contribution in [2.75, 3.05) is 13.1 Å². The van der Waals surface area contributed by atoms with Gasteiger partial charge in [0.25, 0.3) is 5.91 Å². The maximum absolute atomic E-state index is 13.1. The Kier molecular flexibility index (Phi) is 2.84. The molecule has 5 heteroatoms. The number of aromatic amines is 1. The van der Waals surface area contributed by atoms with Crippen molar-refractivity contribution >= 4 is 5.91 Å². The molecule has 20 heavy (non-hydrogen) atoms. The molecule has 5 nitrogen and oxygen atoms in total. The van der Waals surface area contributed by atoms with Crippen LogP contribution >= 0.6 is 0 Å². The Morgan fingerprint density at radius 2 is 2.00 bits per heavy atom. The molecule has 1 aromatic rings. The van der Waals surface area contributed by atoms with E-state index in [0.29, 0.717) is 18.0 Å². The van der Waals surface area contributed by atoms with E-state index < -0.39 is 0 Å². The van der Waals surface area contributed by atoms with Crippen LogP contribution in [0.3, 0.4) is 0 Å². The maximum atomic E-state index is 13.1. The van der Waals surface area contributed by atoms with E-state index in [1.165, 1.54) is 12.8 Å². The molecule has 2 N–H and O–H groups in total. The number of aryl methyl sites for hydroxylation is 1. The third kappa shape index (κ3) is 1.87. The van der Waals surface area contributed by atoms with Gasteiger partial charge in [-0.05, 0) is 45.6 Å². The fraction of sp³-hybridized carbons (Fsp3) is 0.733. The summed E-state index contributed by atoms with van der Waals surface area (Å²) in [6.45, 7) is 3.95. The number of hydrogen-bond donors (Lipinski definition) is 2. The van der Waals surface area contributed by atoms with Crippen molar-refractivity contribution in [1.29, 1.82) is 0 Å². The zero-order valence-electron chi connectivity index (χ0n) is 12.0. The van der Waals surface area contributed by atoms with Gasteiger partial charge in [0.2, 0.25) is 0 Å². The summed E-state index contributed by atoms with van der Waals surface area (Å²) >= 11 is 0. The molecule has 1 aliphatic carbocycles. The zero-order chi connectivity index (χ0) is 13.7. The highest BCUT2D eigenvalue weighted by atomic mass is 16.2. The molecule has 2 atom stereocenters. The predicted molar refractivity (Wildman–Crippen MR) is 75.8 cm³/mol. The molecule has 2 saturated heterocycles. The quantitative estimate of drug-likeness (QED) is 0.860. The molecular formula is C15H22N4O. The Bertz CT molecular complexity index is 520. The Morgan fingerprint density at radius 3 is 2.80 bits per heavy atom. The Labute approximate surface area is 119 Å². The summed E-state index contributed by atoms with van der Waals surface area (Å²) in [4.78, 5) is 15.2. The Balaban J connectivity index is 1.68. The first kappa shape index (κ1) is 12.4. The van der Waals surface area contributed by atoms with Crippen LogP contribution in [-0.4, -0.2) is 46.2 Å². The fourth-order valence-electron chi connectivity index (χ4n) is 3.81. The lowest BCUT2D eigenvalue weighted by molar-refractivity contribution is 0.0678. The van der Waals surface area contributed by atoms with E-state index in [-0.39, 0.29) is 5.91 Å². The average Bonchev–Trinajstić information content (AvgIpc) is 3.11. The summed E-state index contributed by atoms with van der Waals surface area (Å²) < 4.78 is 0. The number of carbonyl (C=O) groups excluding carboxylic acids is 1. The minimum absolute atomic E-state index is 0.217. The van der Waals surface area contributed by atoms with Crippen LogP contribution in [0.25, 0.3) is 0 Å². The fourth-order valence-corrected chi connectivity index (χ4v) is 3.81. The van der Waals surface area contributed by atoms with E-state index in [9.17, 15) is 4.79 Å². The molecule has 0 spiro atoms. The molecule has 0 radical (unpaired) electrons. The number of carbonyl (C=O) groups is 1. The first-order valence-corrected chi connectivity index (χ1v) is 7.84. The summed E-state index contributed by atoms with van der Waals surface area (Å²) in [7, 11) is 0. The highest BCUT2D eigenvalue weighted by Gasteiger charge is 2.41. The molecule has 0 unspecified atom stereocenters. The molecular weight excluding hydrogens is 252 g/mol. The van der Waals surface area contributed by atoms with Gasteiger partial charge < -0.3 is 10.2 Å². The average molecular weight is 274 g/mol. The summed E-state index contributed by atoms with van der Waals surface area (Å²) in [6.07, 6.45) is 5.74. The molecule has 108 valence electrons. The number of nitrogens with zero attached hydrogens (tertiary/aromatic N) is 2. The van der Waals surface area contributed by atoms with Crippen molar-refractivity contribution in [3.63, 3.8) is 0 Å². The minimum Gasteiger partial charge on any atom is -0.331 e. The van der Waals surface area contributed by atoms with E-state index in [2.05, 4.69) is 20.4 Å². The number of H-pyrrole nitrogens is 1. The molecule has 4 rings (SSSR count). The monoisotopic (exact) mass is 274 g/mol. The number of amides is 1. The third-order valence-corrected chi connectivity index (χ3v) is 5.04. The lowest BCUT2D eigenvalue weighted by Crippen LogP contribution is -2.43. The molecule has 3 fully saturated rings. The highest BCUT2D eigenvalue weighted by Crippen LogP contribution is 2.42. The summed E-state index contributed by atoms with van der Waals surface area (Å²) in [5, 5.41) is 10.9. The molecule has 3 aliphatic rings. The van der Waals surface area contributed by atoms with E-state index >= 15 is 0 Å². The van der Waals surface area contributed by atoms with Gasteiger partial charge in [-0.25, -0.2) is 0 Å². The van der Waals surface area contributed by atoms with Crippen molar-refractivity contribution in [3.05, 3.63) is 17.0 Å². The molecule has 2 bridgehead atoms. The molecule has 2 aliphatic heterocycles. The summed E-state index contributed by atoms with van der Waals surface area (Å²) in [5.74, 6) is 0.732. The van der Waals surface area contributed by atoms with Gasteiger partial charge in [-0.15, -0.1) is 0 Å². The molecule has 0 aromatic carbocycles. The van der Waals surface area contributed by atoms with Crippen LogP contribution in [0, 0.1) is 6.92 Å². The van der Waals surface area contributed by atoms with Gasteiger partial charge in [0.15, 0.2) is 0 Å². The van der Waals surface area contributed by atoms with Crippen LogP contribution in [0.15, 0.2) is 0 Å². The lowest BCUT2D eigenvalue weighted by atomic mass is 10.1. The number of rotatable bonds is 2. The van der Waals surface area contributed by atoms with Crippen molar-refractivity contribution in [2.45, 2.75) is 57.0 Å². The van der Waals surface area contributed by atoms with Crippen LogP contribution < -0.4 is 5.32 Å². The first-order valence-electron chi connectivity index (χ1n) is 7.84. The smallest absolute Gasteiger partial charge is 0.258 e. The van der Waals surface area contributed by atoms with Crippen LogP contribution in [0.2, 0.25) is 0 Å². The number of aromatic nitrogens is 2. The van der Waals surface area contributed by atoms with Crippen LogP contribution in [0.1, 0.15) is 59.8 Å². The molecule has 1 aromatic heterocycles. The number of nitrogens with one attached hydrogen (secondary N) is 2. The van der Waals surface area contributed by atoms with E-state index in [1.54, 1.807) is 0 Å². The normalized spacial score (nSPS) is 29.6. The molecule has 1 saturated carbocycles. The number of fused-ring (bicyclic) bond motifs is 2. The number of hydrogen-bond acceptors (Lipinski definition) is 3. The molecule has 3 heterocycles. The van der Waals surface area contributed by atoms with Gasteiger partial charge in [0.1, 0.15) is 0 Å². The zero-order valence-corrected chi connectivity index (χ0v) is 12.0. The third-order valence-electron chi connectivity index (χ3n) is 5.04. The SMILES string of the molecule is Cc1[nH]nc(C2CC2)c1C(=O)N1[C@@H]2CCNC[C@H]1CC2. The maximum Gasteiger partial charge on any atom is 0.258 e. The summed E-state index contributed by atoms with van der Waals surface area (Å²) in [5.41, 5.74) is 2.82. The largest absolute Gasteiger partial charge is 0.331 e. The highest BCUT2D eigenvalue weighted by molar-refractivity contribution is 5.97. The van der Waals surface area contributed by atoms with Gasteiger partial charge >= 0.3 is 0 Å². The van der Waals surface area contributed by atoms with E-state index in [4.69, 9.17) is 0 Å². The Hall–Kier alpha value is -1.36.